The largest absolute Gasteiger partial charge is 0.457 e. The van der Waals surface area contributed by atoms with E-state index in [1.807, 2.05) is 24.3 Å². The molecule has 0 aliphatic rings. The zero-order valence-electron chi connectivity index (χ0n) is 9.90. The zero-order chi connectivity index (χ0) is 13.8. The van der Waals surface area contributed by atoms with Crippen molar-refractivity contribution in [3.8, 4) is 0 Å². The molecule has 0 bridgehead atoms. The van der Waals surface area contributed by atoms with E-state index in [4.69, 9.17) is 10.5 Å². The Kier molecular flexibility index (Phi) is 4.16. The predicted molar refractivity (Wildman–Crippen MR) is 74.1 cm³/mol. The van der Waals surface area contributed by atoms with Crippen LogP contribution in [-0.2, 0) is 11.3 Å². The first kappa shape index (κ1) is 13.5. The van der Waals surface area contributed by atoms with E-state index in [2.05, 4.69) is 15.9 Å². The Labute approximate surface area is 118 Å². The highest BCUT2D eigenvalue weighted by Gasteiger charge is 2.12. The molecule has 0 atom stereocenters. The van der Waals surface area contributed by atoms with Crippen LogP contribution in [0.4, 0.5) is 10.1 Å². The zero-order valence-corrected chi connectivity index (χ0v) is 11.5. The van der Waals surface area contributed by atoms with Crippen LogP contribution in [0.5, 0.6) is 0 Å². The third kappa shape index (κ3) is 3.32. The third-order valence-electron chi connectivity index (χ3n) is 2.55. The summed E-state index contributed by atoms with van der Waals surface area (Å²) in [6.07, 6.45) is 0. The van der Waals surface area contributed by atoms with Crippen molar-refractivity contribution in [1.82, 2.24) is 0 Å². The second kappa shape index (κ2) is 5.84. The molecule has 0 aliphatic carbocycles. The van der Waals surface area contributed by atoms with E-state index in [-0.39, 0.29) is 17.9 Å². The van der Waals surface area contributed by atoms with Gasteiger partial charge in [-0.3, -0.25) is 0 Å². The highest BCUT2D eigenvalue weighted by Crippen LogP contribution is 2.19. The molecular formula is C14H11BrFNO2. The summed E-state index contributed by atoms with van der Waals surface area (Å²) in [6.45, 7) is 0.122. The Morgan fingerprint density at radius 3 is 2.68 bits per heavy atom. The molecule has 0 aliphatic heterocycles. The molecule has 2 aromatic rings. The van der Waals surface area contributed by atoms with E-state index in [1.165, 1.54) is 12.1 Å². The molecule has 0 saturated heterocycles. The maximum absolute atomic E-state index is 12.9. The van der Waals surface area contributed by atoms with Crippen molar-refractivity contribution in [2.75, 3.05) is 5.73 Å². The van der Waals surface area contributed by atoms with Crippen LogP contribution >= 0.6 is 15.9 Å². The lowest BCUT2D eigenvalue weighted by Crippen LogP contribution is -2.08. The standard InChI is InChI=1S/C14H11BrFNO2/c15-12-4-2-1-3-9(12)8-19-14(18)11-6-5-10(16)7-13(11)17/h1-7H,8,17H2. The number of carbonyl (C=O) groups is 1. The summed E-state index contributed by atoms with van der Waals surface area (Å²) in [6, 6.07) is 11.0. The Morgan fingerprint density at radius 1 is 1.26 bits per heavy atom. The molecule has 3 nitrogen and oxygen atoms in total. The minimum absolute atomic E-state index is 0.0668. The van der Waals surface area contributed by atoms with E-state index in [0.29, 0.717) is 0 Å². The normalized spacial score (nSPS) is 10.2. The Hall–Kier alpha value is -1.88. The van der Waals surface area contributed by atoms with Gasteiger partial charge in [0.2, 0.25) is 0 Å². The number of rotatable bonds is 3. The van der Waals surface area contributed by atoms with Crippen LogP contribution < -0.4 is 5.73 Å². The molecule has 0 amide bonds. The summed E-state index contributed by atoms with van der Waals surface area (Å²) in [5.74, 6) is -1.06. The van der Waals surface area contributed by atoms with Crippen molar-refractivity contribution in [3.05, 3.63) is 63.9 Å². The molecule has 2 aromatic carbocycles. The van der Waals surface area contributed by atoms with Gasteiger partial charge in [0, 0.05) is 15.7 Å². The lowest BCUT2D eigenvalue weighted by molar-refractivity contribution is 0.0473. The van der Waals surface area contributed by atoms with Gasteiger partial charge in [-0.2, -0.15) is 0 Å². The molecular weight excluding hydrogens is 313 g/mol. The minimum Gasteiger partial charge on any atom is -0.457 e. The smallest absolute Gasteiger partial charge is 0.340 e. The number of nitrogen functional groups attached to an aromatic ring is 1. The van der Waals surface area contributed by atoms with Gasteiger partial charge in [0.05, 0.1) is 5.56 Å². The lowest BCUT2D eigenvalue weighted by atomic mass is 10.2. The highest BCUT2D eigenvalue weighted by atomic mass is 79.9. The quantitative estimate of drug-likeness (QED) is 0.694. The number of benzene rings is 2. The van der Waals surface area contributed by atoms with Crippen LogP contribution in [0, 0.1) is 5.82 Å². The number of anilines is 1. The summed E-state index contributed by atoms with van der Waals surface area (Å²) >= 11 is 3.36. The Balaban J connectivity index is 2.08. The van der Waals surface area contributed by atoms with Crippen LogP contribution in [0.2, 0.25) is 0 Å². The van der Waals surface area contributed by atoms with Gasteiger partial charge in [0.25, 0.3) is 0 Å². The van der Waals surface area contributed by atoms with E-state index >= 15 is 0 Å². The van der Waals surface area contributed by atoms with Gasteiger partial charge < -0.3 is 10.5 Å². The molecule has 98 valence electrons. The van der Waals surface area contributed by atoms with E-state index in [1.54, 1.807) is 0 Å². The van der Waals surface area contributed by atoms with Crippen molar-refractivity contribution >= 4 is 27.6 Å². The second-order valence-electron chi connectivity index (χ2n) is 3.90. The van der Waals surface area contributed by atoms with Crippen molar-refractivity contribution in [1.29, 1.82) is 0 Å². The van der Waals surface area contributed by atoms with Gasteiger partial charge in [-0.15, -0.1) is 0 Å². The van der Waals surface area contributed by atoms with Crippen LogP contribution in [0.1, 0.15) is 15.9 Å². The number of hydrogen-bond donors (Lipinski definition) is 1. The van der Waals surface area contributed by atoms with Crippen LogP contribution in [0.15, 0.2) is 46.9 Å². The fraction of sp³-hybridized carbons (Fsp3) is 0.0714. The fourth-order valence-electron chi connectivity index (χ4n) is 1.56. The topological polar surface area (TPSA) is 52.3 Å². The second-order valence-corrected chi connectivity index (χ2v) is 4.75. The van der Waals surface area contributed by atoms with Gasteiger partial charge in [-0.1, -0.05) is 34.1 Å². The first-order valence-corrected chi connectivity index (χ1v) is 6.33. The molecule has 0 saturated carbocycles. The number of hydrogen-bond acceptors (Lipinski definition) is 3. The molecule has 0 fully saturated rings. The highest BCUT2D eigenvalue weighted by molar-refractivity contribution is 9.10. The van der Waals surface area contributed by atoms with Crippen LogP contribution in [0.3, 0.4) is 0 Å². The number of carbonyl (C=O) groups excluding carboxylic acids is 1. The fourth-order valence-corrected chi connectivity index (χ4v) is 1.96. The summed E-state index contributed by atoms with van der Waals surface area (Å²) in [5.41, 5.74) is 6.64. The van der Waals surface area contributed by atoms with Crippen molar-refractivity contribution < 1.29 is 13.9 Å². The summed E-state index contributed by atoms with van der Waals surface area (Å²) < 4.78 is 18.9. The molecule has 5 heteroatoms. The van der Waals surface area contributed by atoms with Gasteiger partial charge >= 0.3 is 5.97 Å². The molecule has 0 heterocycles. The SMILES string of the molecule is Nc1cc(F)ccc1C(=O)OCc1ccccc1Br. The molecule has 0 radical (unpaired) electrons. The van der Waals surface area contributed by atoms with Crippen molar-refractivity contribution in [3.63, 3.8) is 0 Å². The average molecular weight is 324 g/mol. The number of halogens is 2. The maximum atomic E-state index is 12.9. The molecule has 19 heavy (non-hydrogen) atoms. The monoisotopic (exact) mass is 323 g/mol. The number of nitrogens with two attached hydrogens (primary N) is 1. The average Bonchev–Trinajstić information content (AvgIpc) is 2.37. The Morgan fingerprint density at radius 2 is 2.00 bits per heavy atom. The van der Waals surface area contributed by atoms with Gasteiger partial charge in [-0.05, 0) is 24.3 Å². The van der Waals surface area contributed by atoms with Gasteiger partial charge in [0.15, 0.2) is 0 Å². The summed E-state index contributed by atoms with van der Waals surface area (Å²) in [7, 11) is 0. The van der Waals surface area contributed by atoms with Gasteiger partial charge in [0.1, 0.15) is 12.4 Å². The summed E-state index contributed by atoms with van der Waals surface area (Å²) in [4.78, 5) is 11.8. The van der Waals surface area contributed by atoms with Crippen LogP contribution in [-0.4, -0.2) is 5.97 Å². The third-order valence-corrected chi connectivity index (χ3v) is 3.32. The van der Waals surface area contributed by atoms with Crippen molar-refractivity contribution in [2.24, 2.45) is 0 Å². The molecule has 2 rings (SSSR count). The number of esters is 1. The molecule has 0 aromatic heterocycles. The minimum atomic E-state index is -0.576. The Bertz CT molecular complexity index is 616. The molecule has 0 spiro atoms. The van der Waals surface area contributed by atoms with E-state index < -0.39 is 11.8 Å². The number of ether oxygens (including phenoxy) is 1. The first-order valence-electron chi connectivity index (χ1n) is 5.53. The maximum Gasteiger partial charge on any atom is 0.340 e. The lowest BCUT2D eigenvalue weighted by Gasteiger charge is -2.08. The van der Waals surface area contributed by atoms with Gasteiger partial charge in [-0.25, -0.2) is 9.18 Å². The van der Waals surface area contributed by atoms with Crippen LogP contribution in [0.25, 0.3) is 0 Å². The first-order chi connectivity index (χ1) is 9.08. The van der Waals surface area contributed by atoms with Crippen molar-refractivity contribution in [2.45, 2.75) is 6.61 Å². The van der Waals surface area contributed by atoms with E-state index in [0.717, 1.165) is 16.1 Å². The molecule has 2 N–H and O–H groups in total. The van der Waals surface area contributed by atoms with E-state index in [9.17, 15) is 9.18 Å². The molecule has 0 unspecified atom stereocenters. The predicted octanol–water partition coefficient (Wildman–Crippen LogP) is 3.53. The summed E-state index contributed by atoms with van der Waals surface area (Å²) in [5, 5.41) is 0.